The van der Waals surface area contributed by atoms with Gasteiger partial charge in [0.1, 0.15) is 6.10 Å². The molecule has 2 aromatic heterocycles. The van der Waals surface area contributed by atoms with Crippen LogP contribution in [-0.4, -0.2) is 54.3 Å². The lowest BCUT2D eigenvalue weighted by Gasteiger charge is -2.27. The predicted molar refractivity (Wildman–Crippen MR) is 116 cm³/mol. The van der Waals surface area contributed by atoms with Crippen LogP contribution in [0.1, 0.15) is 37.6 Å². The summed E-state index contributed by atoms with van der Waals surface area (Å²) < 4.78 is 13.4. The number of halogens is 1. The number of imidazole rings is 1. The summed E-state index contributed by atoms with van der Waals surface area (Å²) in [6, 6.07) is 8.16. The Labute approximate surface area is 185 Å². The van der Waals surface area contributed by atoms with Gasteiger partial charge in [0, 0.05) is 13.0 Å². The lowest BCUT2D eigenvalue weighted by atomic mass is 10.1. The van der Waals surface area contributed by atoms with Gasteiger partial charge in [-0.2, -0.15) is 9.97 Å². The van der Waals surface area contributed by atoms with Crippen LogP contribution in [0.25, 0.3) is 11.2 Å². The van der Waals surface area contributed by atoms with Crippen LogP contribution in [0, 0.1) is 6.92 Å². The SMILES string of the molecule is Cc1cccc(CNc2nc(Cl)nc3c2ncn3C2OC(CO)C[C@H]2OC(C)(C)O)c1. The summed E-state index contributed by atoms with van der Waals surface area (Å²) in [6.07, 6.45) is 0.433. The standard InChI is InChI=1S/C21H26ClN5O4/c1-12-5-4-6-13(7-12)9-23-17-16-18(26-20(22)25-17)27(11-24-16)19-15(31-21(2,3)29)8-14(10-28)30-19/h4-7,11,14-15,19,28-29H,8-10H2,1-3H3,(H,23,25,26)/t14?,15-,19?/m1/s1. The number of benzene rings is 1. The Kier molecular flexibility index (Phi) is 6.14. The maximum Gasteiger partial charge on any atom is 0.226 e. The molecular weight excluding hydrogens is 422 g/mol. The van der Waals surface area contributed by atoms with E-state index in [1.54, 1.807) is 24.7 Å². The first-order valence-electron chi connectivity index (χ1n) is 10.1. The molecule has 4 rings (SSSR count). The summed E-state index contributed by atoms with van der Waals surface area (Å²) in [6.45, 7) is 5.53. The van der Waals surface area contributed by atoms with Crippen LogP contribution in [0.2, 0.25) is 5.28 Å². The molecule has 0 amide bonds. The van der Waals surface area contributed by atoms with E-state index in [-0.39, 0.29) is 11.9 Å². The Morgan fingerprint density at radius 1 is 1.35 bits per heavy atom. The van der Waals surface area contributed by atoms with Gasteiger partial charge in [0.25, 0.3) is 0 Å². The minimum absolute atomic E-state index is 0.0673. The number of rotatable bonds is 7. The van der Waals surface area contributed by atoms with Crippen LogP contribution in [0.4, 0.5) is 5.82 Å². The number of nitrogens with zero attached hydrogens (tertiary/aromatic N) is 4. The maximum atomic E-state index is 10.1. The third-order valence-electron chi connectivity index (χ3n) is 5.00. The topological polar surface area (TPSA) is 115 Å². The van der Waals surface area contributed by atoms with Gasteiger partial charge in [0.05, 0.1) is 19.0 Å². The van der Waals surface area contributed by atoms with Crippen molar-refractivity contribution in [1.29, 1.82) is 0 Å². The number of anilines is 1. The van der Waals surface area contributed by atoms with Gasteiger partial charge < -0.3 is 25.0 Å². The first kappa shape index (κ1) is 21.9. The van der Waals surface area contributed by atoms with Gasteiger partial charge in [0.15, 0.2) is 29.0 Å². The minimum Gasteiger partial charge on any atom is -0.394 e. The van der Waals surface area contributed by atoms with E-state index in [0.717, 1.165) is 5.56 Å². The normalized spacial score (nSPS) is 21.7. The molecule has 9 nitrogen and oxygen atoms in total. The molecule has 166 valence electrons. The van der Waals surface area contributed by atoms with Crippen molar-refractivity contribution in [3.63, 3.8) is 0 Å². The molecule has 3 heterocycles. The third-order valence-corrected chi connectivity index (χ3v) is 5.17. The van der Waals surface area contributed by atoms with E-state index >= 15 is 0 Å². The van der Waals surface area contributed by atoms with E-state index in [0.29, 0.717) is 29.9 Å². The number of aryl methyl sites for hydroxylation is 1. The zero-order valence-electron chi connectivity index (χ0n) is 17.6. The smallest absolute Gasteiger partial charge is 0.226 e. The number of aliphatic hydroxyl groups excluding tert-OH is 1. The van der Waals surface area contributed by atoms with Gasteiger partial charge in [-0.25, -0.2) is 4.98 Å². The number of fused-ring (bicyclic) bond motifs is 1. The first-order chi connectivity index (χ1) is 14.7. The highest BCUT2D eigenvalue weighted by atomic mass is 35.5. The molecule has 3 atom stereocenters. The predicted octanol–water partition coefficient (Wildman–Crippen LogP) is 2.79. The van der Waals surface area contributed by atoms with Crippen molar-refractivity contribution in [2.75, 3.05) is 11.9 Å². The first-order valence-corrected chi connectivity index (χ1v) is 10.5. The maximum absolute atomic E-state index is 10.1. The lowest BCUT2D eigenvalue weighted by molar-refractivity contribution is -0.222. The van der Waals surface area contributed by atoms with Crippen molar-refractivity contribution < 1.29 is 19.7 Å². The molecule has 2 unspecified atom stereocenters. The van der Waals surface area contributed by atoms with Crippen molar-refractivity contribution in [2.45, 2.75) is 58.0 Å². The highest BCUT2D eigenvalue weighted by Crippen LogP contribution is 2.36. The fourth-order valence-electron chi connectivity index (χ4n) is 3.76. The fraction of sp³-hybridized carbons (Fsp3) is 0.476. The van der Waals surface area contributed by atoms with Crippen molar-refractivity contribution in [2.24, 2.45) is 0 Å². The van der Waals surface area contributed by atoms with Crippen LogP contribution in [0.3, 0.4) is 0 Å². The van der Waals surface area contributed by atoms with Gasteiger partial charge >= 0.3 is 0 Å². The monoisotopic (exact) mass is 447 g/mol. The van der Waals surface area contributed by atoms with Crippen LogP contribution < -0.4 is 5.32 Å². The summed E-state index contributed by atoms with van der Waals surface area (Å²) in [7, 11) is 0. The van der Waals surface area contributed by atoms with Crippen molar-refractivity contribution in [3.05, 3.63) is 47.0 Å². The van der Waals surface area contributed by atoms with E-state index in [1.807, 2.05) is 25.1 Å². The Morgan fingerprint density at radius 3 is 2.87 bits per heavy atom. The molecule has 31 heavy (non-hydrogen) atoms. The Bertz CT molecular complexity index is 1070. The van der Waals surface area contributed by atoms with Crippen LogP contribution in [0.5, 0.6) is 0 Å². The molecule has 3 aromatic rings. The fourth-order valence-corrected chi connectivity index (χ4v) is 3.93. The van der Waals surface area contributed by atoms with E-state index < -0.39 is 24.2 Å². The Morgan fingerprint density at radius 2 is 2.16 bits per heavy atom. The van der Waals surface area contributed by atoms with E-state index in [1.165, 1.54) is 5.56 Å². The van der Waals surface area contributed by atoms with Gasteiger partial charge in [0.2, 0.25) is 5.28 Å². The molecule has 1 aliphatic rings. The molecule has 1 fully saturated rings. The second-order valence-electron chi connectivity index (χ2n) is 8.18. The molecule has 0 bridgehead atoms. The van der Waals surface area contributed by atoms with Crippen LogP contribution in [-0.2, 0) is 16.0 Å². The summed E-state index contributed by atoms with van der Waals surface area (Å²) in [5, 5.41) is 23.1. The molecule has 1 aromatic carbocycles. The number of aromatic nitrogens is 4. The van der Waals surface area contributed by atoms with Gasteiger partial charge in [-0.15, -0.1) is 0 Å². The second kappa shape index (κ2) is 8.68. The van der Waals surface area contributed by atoms with E-state index in [2.05, 4.69) is 26.3 Å². The van der Waals surface area contributed by atoms with Gasteiger partial charge in [-0.3, -0.25) is 4.57 Å². The zero-order chi connectivity index (χ0) is 22.2. The second-order valence-corrected chi connectivity index (χ2v) is 8.52. The molecule has 0 aliphatic carbocycles. The molecule has 0 radical (unpaired) electrons. The molecule has 10 heteroatoms. The van der Waals surface area contributed by atoms with E-state index in [4.69, 9.17) is 21.1 Å². The molecule has 3 N–H and O–H groups in total. The quantitative estimate of drug-likeness (QED) is 0.374. The lowest BCUT2D eigenvalue weighted by Crippen LogP contribution is -2.33. The number of nitrogens with one attached hydrogen (secondary N) is 1. The summed E-state index contributed by atoms with van der Waals surface area (Å²) in [5.41, 5.74) is 3.28. The average molecular weight is 448 g/mol. The van der Waals surface area contributed by atoms with Crippen molar-refractivity contribution >= 4 is 28.6 Å². The molecule has 0 saturated carbocycles. The van der Waals surface area contributed by atoms with Gasteiger partial charge in [-0.1, -0.05) is 29.8 Å². The Balaban J connectivity index is 1.65. The molecule has 1 saturated heterocycles. The van der Waals surface area contributed by atoms with Crippen LogP contribution in [0.15, 0.2) is 30.6 Å². The highest BCUT2D eigenvalue weighted by molar-refractivity contribution is 6.28. The molecule has 0 spiro atoms. The minimum atomic E-state index is -1.36. The summed E-state index contributed by atoms with van der Waals surface area (Å²) in [4.78, 5) is 13.1. The number of ether oxygens (including phenoxy) is 2. The Hall–Kier alpha value is -2.30. The van der Waals surface area contributed by atoms with E-state index in [9.17, 15) is 10.2 Å². The zero-order valence-corrected chi connectivity index (χ0v) is 18.4. The van der Waals surface area contributed by atoms with Crippen molar-refractivity contribution in [3.8, 4) is 0 Å². The average Bonchev–Trinajstić information content (AvgIpc) is 3.28. The molecular formula is C21H26ClN5O4. The molecule has 1 aliphatic heterocycles. The number of aliphatic hydroxyl groups is 2. The number of hydrogen-bond donors (Lipinski definition) is 3. The van der Waals surface area contributed by atoms with Gasteiger partial charge in [-0.05, 0) is 37.9 Å². The largest absolute Gasteiger partial charge is 0.394 e. The summed E-state index contributed by atoms with van der Waals surface area (Å²) >= 11 is 6.21. The number of hydrogen-bond acceptors (Lipinski definition) is 8. The summed E-state index contributed by atoms with van der Waals surface area (Å²) in [5.74, 6) is -0.855. The van der Waals surface area contributed by atoms with Crippen molar-refractivity contribution in [1.82, 2.24) is 19.5 Å². The van der Waals surface area contributed by atoms with Crippen LogP contribution >= 0.6 is 11.6 Å². The highest BCUT2D eigenvalue weighted by Gasteiger charge is 2.40. The third kappa shape index (κ3) is 4.97.